The number of halogens is 3. The molecule has 3 rings (SSSR count). The van der Waals surface area contributed by atoms with Gasteiger partial charge in [0.15, 0.2) is 0 Å². The second-order valence-corrected chi connectivity index (χ2v) is 4.82. The predicted octanol–water partition coefficient (Wildman–Crippen LogP) is 3.76. The van der Waals surface area contributed by atoms with Gasteiger partial charge in [-0.1, -0.05) is 24.2 Å². The summed E-state index contributed by atoms with van der Waals surface area (Å²) in [5.41, 5.74) is 0.160. The summed E-state index contributed by atoms with van der Waals surface area (Å²) in [7, 11) is 0. The maximum atomic E-state index is 12.3. The Bertz CT molecular complexity index is 624. The smallest absolute Gasteiger partial charge is 0.405 e. The van der Waals surface area contributed by atoms with Crippen LogP contribution < -0.4 is 4.74 Å². The van der Waals surface area contributed by atoms with Crippen molar-refractivity contribution in [2.24, 2.45) is 5.92 Å². The van der Waals surface area contributed by atoms with E-state index in [9.17, 15) is 13.2 Å². The molecule has 1 aromatic heterocycles. The first-order chi connectivity index (χ1) is 9.44. The van der Waals surface area contributed by atoms with Crippen molar-refractivity contribution in [2.45, 2.75) is 25.6 Å². The van der Waals surface area contributed by atoms with Crippen molar-refractivity contribution in [1.29, 1.82) is 0 Å². The van der Waals surface area contributed by atoms with Crippen molar-refractivity contribution in [2.75, 3.05) is 0 Å². The van der Waals surface area contributed by atoms with Gasteiger partial charge in [-0.3, -0.25) is 0 Å². The highest BCUT2D eigenvalue weighted by Crippen LogP contribution is 2.46. The van der Waals surface area contributed by atoms with Crippen molar-refractivity contribution in [3.8, 4) is 17.1 Å². The molecule has 7 heteroatoms. The van der Waals surface area contributed by atoms with Gasteiger partial charge in [0, 0.05) is 5.92 Å². The van der Waals surface area contributed by atoms with Crippen molar-refractivity contribution >= 4 is 0 Å². The number of alkyl halides is 3. The second kappa shape index (κ2) is 4.50. The molecule has 0 bridgehead atoms. The third-order valence-corrected chi connectivity index (χ3v) is 3.22. The zero-order valence-electron chi connectivity index (χ0n) is 10.5. The lowest BCUT2D eigenvalue weighted by molar-refractivity contribution is -0.274. The topological polar surface area (TPSA) is 48.2 Å². The van der Waals surface area contributed by atoms with E-state index in [4.69, 9.17) is 4.52 Å². The maximum absolute atomic E-state index is 12.3. The average molecular weight is 284 g/mol. The molecule has 0 spiro atoms. The van der Waals surface area contributed by atoms with Gasteiger partial charge in [0.05, 0.1) is 5.56 Å². The van der Waals surface area contributed by atoms with E-state index >= 15 is 0 Å². The van der Waals surface area contributed by atoms with Crippen LogP contribution in [0.2, 0.25) is 0 Å². The van der Waals surface area contributed by atoms with Gasteiger partial charge in [0.2, 0.25) is 11.7 Å². The highest BCUT2D eigenvalue weighted by molar-refractivity contribution is 5.63. The standard InChI is InChI=1S/C13H11F3N2O2/c1-7-6-9(7)12-17-11(18-20-12)8-4-2-3-5-10(8)19-13(14,15)16/h2-5,7,9H,6H2,1H3. The highest BCUT2D eigenvalue weighted by atomic mass is 19.4. The molecule has 1 aliphatic carbocycles. The molecule has 1 aromatic carbocycles. The zero-order valence-corrected chi connectivity index (χ0v) is 10.5. The van der Waals surface area contributed by atoms with E-state index < -0.39 is 6.36 Å². The van der Waals surface area contributed by atoms with Crippen molar-refractivity contribution in [3.63, 3.8) is 0 Å². The molecular weight excluding hydrogens is 273 g/mol. The summed E-state index contributed by atoms with van der Waals surface area (Å²) in [5, 5.41) is 3.74. The Balaban J connectivity index is 1.91. The van der Waals surface area contributed by atoms with Crippen molar-refractivity contribution in [1.82, 2.24) is 10.1 Å². The van der Waals surface area contributed by atoms with E-state index in [1.165, 1.54) is 18.2 Å². The molecule has 4 nitrogen and oxygen atoms in total. The molecule has 2 atom stereocenters. The van der Waals surface area contributed by atoms with Crippen LogP contribution in [0.5, 0.6) is 5.75 Å². The number of hydrogen-bond donors (Lipinski definition) is 0. The molecule has 0 saturated heterocycles. The summed E-state index contributed by atoms with van der Waals surface area (Å²) < 4.78 is 46.1. The first kappa shape index (κ1) is 13.0. The molecule has 1 heterocycles. The summed E-state index contributed by atoms with van der Waals surface area (Å²) in [4.78, 5) is 4.16. The molecule has 0 aliphatic heterocycles. The Kier molecular flexibility index (Phi) is 2.92. The molecule has 106 valence electrons. The fraction of sp³-hybridized carbons (Fsp3) is 0.385. The molecule has 1 fully saturated rings. The average Bonchev–Trinajstić information content (AvgIpc) is 2.89. The first-order valence-corrected chi connectivity index (χ1v) is 6.13. The molecule has 0 amide bonds. The van der Waals surface area contributed by atoms with Gasteiger partial charge in [0.25, 0.3) is 0 Å². The summed E-state index contributed by atoms with van der Waals surface area (Å²) in [5.74, 6) is 0.932. The van der Waals surface area contributed by atoms with E-state index in [1.54, 1.807) is 6.07 Å². The Morgan fingerprint density at radius 2 is 2.00 bits per heavy atom. The fourth-order valence-electron chi connectivity index (χ4n) is 2.03. The summed E-state index contributed by atoms with van der Waals surface area (Å²) in [6, 6.07) is 5.73. The van der Waals surface area contributed by atoms with Crippen LogP contribution in [0.15, 0.2) is 28.8 Å². The lowest BCUT2D eigenvalue weighted by Gasteiger charge is -2.10. The maximum Gasteiger partial charge on any atom is 0.573 e. The Morgan fingerprint density at radius 3 is 2.65 bits per heavy atom. The van der Waals surface area contributed by atoms with E-state index in [0.717, 1.165) is 6.42 Å². The third-order valence-electron chi connectivity index (χ3n) is 3.22. The van der Waals surface area contributed by atoms with Crippen molar-refractivity contribution < 1.29 is 22.4 Å². The number of nitrogens with zero attached hydrogens (tertiary/aromatic N) is 2. The number of rotatable bonds is 3. The molecule has 0 radical (unpaired) electrons. The van der Waals surface area contributed by atoms with Gasteiger partial charge in [-0.25, -0.2) is 0 Å². The molecular formula is C13H11F3N2O2. The summed E-state index contributed by atoms with van der Waals surface area (Å²) in [6.07, 6.45) is -3.80. The van der Waals surface area contributed by atoms with Crippen LogP contribution >= 0.6 is 0 Å². The van der Waals surface area contributed by atoms with E-state index in [0.29, 0.717) is 11.8 Å². The molecule has 1 saturated carbocycles. The minimum absolute atomic E-state index is 0.110. The minimum atomic E-state index is -4.76. The summed E-state index contributed by atoms with van der Waals surface area (Å²) >= 11 is 0. The summed E-state index contributed by atoms with van der Waals surface area (Å²) in [6.45, 7) is 2.05. The number of aromatic nitrogens is 2. The van der Waals surface area contributed by atoms with E-state index in [-0.39, 0.29) is 23.1 Å². The van der Waals surface area contributed by atoms with E-state index in [1.807, 2.05) is 0 Å². The van der Waals surface area contributed by atoms with Gasteiger partial charge < -0.3 is 9.26 Å². The highest BCUT2D eigenvalue weighted by Gasteiger charge is 2.39. The molecule has 0 N–H and O–H groups in total. The fourth-order valence-corrected chi connectivity index (χ4v) is 2.03. The Labute approximate surface area is 112 Å². The number of ether oxygens (including phenoxy) is 1. The SMILES string of the molecule is CC1CC1c1nc(-c2ccccc2OC(F)(F)F)no1. The predicted molar refractivity (Wildman–Crippen MR) is 62.9 cm³/mol. The third kappa shape index (κ3) is 2.61. The normalized spacial score (nSPS) is 21.8. The largest absolute Gasteiger partial charge is 0.573 e. The molecule has 20 heavy (non-hydrogen) atoms. The van der Waals surface area contributed by atoms with Crippen LogP contribution in [0.1, 0.15) is 25.2 Å². The Hall–Kier alpha value is -2.05. The van der Waals surface area contributed by atoms with E-state index in [2.05, 4.69) is 21.8 Å². The van der Waals surface area contributed by atoms with Gasteiger partial charge >= 0.3 is 6.36 Å². The molecule has 1 aliphatic rings. The van der Waals surface area contributed by atoms with Crippen LogP contribution in [0.4, 0.5) is 13.2 Å². The second-order valence-electron chi connectivity index (χ2n) is 4.82. The van der Waals surface area contributed by atoms with Crippen molar-refractivity contribution in [3.05, 3.63) is 30.2 Å². The number of hydrogen-bond acceptors (Lipinski definition) is 4. The molecule has 2 aromatic rings. The van der Waals surface area contributed by atoms with Gasteiger partial charge in [0.1, 0.15) is 5.75 Å². The molecule has 2 unspecified atom stereocenters. The lowest BCUT2D eigenvalue weighted by atomic mass is 10.2. The Morgan fingerprint density at radius 1 is 1.30 bits per heavy atom. The van der Waals surface area contributed by atoms with Crippen LogP contribution in [-0.2, 0) is 0 Å². The van der Waals surface area contributed by atoms with Crippen LogP contribution in [0.25, 0.3) is 11.4 Å². The number of benzene rings is 1. The van der Waals surface area contributed by atoms with Gasteiger partial charge in [-0.05, 0) is 24.5 Å². The van der Waals surface area contributed by atoms with Gasteiger partial charge in [-0.15, -0.1) is 13.2 Å². The quantitative estimate of drug-likeness (QED) is 0.861. The first-order valence-electron chi connectivity index (χ1n) is 6.13. The zero-order chi connectivity index (χ0) is 14.3. The van der Waals surface area contributed by atoms with Gasteiger partial charge in [-0.2, -0.15) is 4.98 Å². The van der Waals surface area contributed by atoms with Crippen LogP contribution in [-0.4, -0.2) is 16.5 Å². The number of para-hydroxylation sites is 1. The minimum Gasteiger partial charge on any atom is -0.405 e. The monoisotopic (exact) mass is 284 g/mol. The lowest BCUT2D eigenvalue weighted by Crippen LogP contribution is -2.17. The van der Waals surface area contributed by atoms with Crippen LogP contribution in [0.3, 0.4) is 0 Å². The van der Waals surface area contributed by atoms with Crippen LogP contribution in [0, 0.1) is 5.92 Å².